The molecule has 2 aromatic heterocycles. The van der Waals surface area contributed by atoms with Gasteiger partial charge in [0.25, 0.3) is 5.91 Å². The highest BCUT2D eigenvalue weighted by Gasteiger charge is 2.10. The van der Waals surface area contributed by atoms with Crippen LogP contribution >= 0.6 is 15.9 Å². The van der Waals surface area contributed by atoms with Crippen LogP contribution < -0.4 is 5.32 Å². The molecule has 0 unspecified atom stereocenters. The maximum absolute atomic E-state index is 12.2. The minimum Gasteiger partial charge on any atom is -0.319 e. The van der Waals surface area contributed by atoms with Gasteiger partial charge in [0.15, 0.2) is 5.65 Å². The van der Waals surface area contributed by atoms with Gasteiger partial charge in [0.05, 0.1) is 5.69 Å². The van der Waals surface area contributed by atoms with E-state index in [1.165, 1.54) is 0 Å². The van der Waals surface area contributed by atoms with E-state index < -0.39 is 0 Å². The average molecular weight is 331 g/mol. The van der Waals surface area contributed by atoms with E-state index in [0.717, 1.165) is 10.0 Å². The zero-order chi connectivity index (χ0) is 14.1. The normalized spacial score (nSPS) is 10.7. The fourth-order valence-corrected chi connectivity index (χ4v) is 2.34. The lowest BCUT2D eigenvalue weighted by atomic mass is 10.1. The summed E-state index contributed by atoms with van der Waals surface area (Å²) in [6.45, 7) is 1.98. The standard InChI is InChI=1S/C14H11BrN4O/c1-9-2-4-10(5-3-9)14(20)17-12-6-11(15)7-19-8-16-18-13(12)19/h2-8H,1H3,(H,17,20). The van der Waals surface area contributed by atoms with Crippen LogP contribution in [0, 0.1) is 6.92 Å². The number of carbonyl (C=O) groups excluding carboxylic acids is 1. The topological polar surface area (TPSA) is 59.3 Å². The molecule has 0 bridgehead atoms. The number of nitrogens with zero attached hydrogens (tertiary/aromatic N) is 3. The second kappa shape index (κ2) is 5.05. The molecule has 100 valence electrons. The number of hydrogen-bond donors (Lipinski definition) is 1. The van der Waals surface area contributed by atoms with Crippen molar-refractivity contribution in [3.63, 3.8) is 0 Å². The third kappa shape index (κ3) is 2.42. The highest BCUT2D eigenvalue weighted by Crippen LogP contribution is 2.21. The summed E-state index contributed by atoms with van der Waals surface area (Å²) in [7, 11) is 0. The number of amides is 1. The van der Waals surface area contributed by atoms with Crippen LogP contribution in [-0.2, 0) is 0 Å². The Bertz CT molecular complexity index is 779. The summed E-state index contributed by atoms with van der Waals surface area (Å²) in [6.07, 6.45) is 3.42. The summed E-state index contributed by atoms with van der Waals surface area (Å²) in [4.78, 5) is 12.2. The summed E-state index contributed by atoms with van der Waals surface area (Å²) in [5.74, 6) is -0.173. The molecule has 1 aromatic carbocycles. The molecule has 0 aliphatic carbocycles. The van der Waals surface area contributed by atoms with Crippen molar-refractivity contribution in [3.8, 4) is 0 Å². The van der Waals surface area contributed by atoms with Crippen molar-refractivity contribution in [2.75, 3.05) is 5.32 Å². The Hall–Kier alpha value is -2.21. The average Bonchev–Trinajstić information content (AvgIpc) is 2.87. The van der Waals surface area contributed by atoms with Gasteiger partial charge in [-0.2, -0.15) is 0 Å². The van der Waals surface area contributed by atoms with Gasteiger partial charge in [-0.05, 0) is 41.1 Å². The first-order valence-corrected chi connectivity index (χ1v) is 6.80. The molecule has 1 N–H and O–H groups in total. The molecule has 3 aromatic rings. The zero-order valence-electron chi connectivity index (χ0n) is 10.7. The lowest BCUT2D eigenvalue weighted by Gasteiger charge is -2.07. The van der Waals surface area contributed by atoms with Crippen LogP contribution in [0.15, 0.2) is 47.3 Å². The van der Waals surface area contributed by atoms with E-state index in [2.05, 4.69) is 31.4 Å². The van der Waals surface area contributed by atoms with E-state index in [1.807, 2.05) is 25.3 Å². The second-order valence-electron chi connectivity index (χ2n) is 4.45. The molecule has 0 saturated carbocycles. The number of rotatable bonds is 2. The van der Waals surface area contributed by atoms with Gasteiger partial charge in [-0.25, -0.2) is 0 Å². The van der Waals surface area contributed by atoms with Crippen molar-refractivity contribution < 1.29 is 4.79 Å². The van der Waals surface area contributed by atoms with Gasteiger partial charge in [0.1, 0.15) is 6.33 Å². The predicted molar refractivity (Wildman–Crippen MR) is 79.8 cm³/mol. The molecular weight excluding hydrogens is 320 g/mol. The number of nitrogens with one attached hydrogen (secondary N) is 1. The molecular formula is C14H11BrN4O. The van der Waals surface area contributed by atoms with Crippen LogP contribution in [0.25, 0.3) is 5.65 Å². The van der Waals surface area contributed by atoms with Crippen molar-refractivity contribution in [3.05, 3.63) is 58.5 Å². The molecule has 1 amide bonds. The zero-order valence-corrected chi connectivity index (χ0v) is 12.3. The van der Waals surface area contributed by atoms with Crippen LogP contribution in [0.3, 0.4) is 0 Å². The van der Waals surface area contributed by atoms with Crippen LogP contribution in [-0.4, -0.2) is 20.5 Å². The summed E-state index contributed by atoms with van der Waals surface area (Å²) in [6, 6.07) is 9.20. The van der Waals surface area contributed by atoms with Crippen LogP contribution in [0.4, 0.5) is 5.69 Å². The fourth-order valence-electron chi connectivity index (χ4n) is 1.89. The Morgan fingerprint density at radius 2 is 2.05 bits per heavy atom. The van der Waals surface area contributed by atoms with Gasteiger partial charge in [-0.3, -0.25) is 9.20 Å². The van der Waals surface area contributed by atoms with Gasteiger partial charge < -0.3 is 5.32 Å². The molecule has 5 nitrogen and oxygen atoms in total. The molecule has 0 fully saturated rings. The second-order valence-corrected chi connectivity index (χ2v) is 5.37. The Balaban J connectivity index is 1.94. The van der Waals surface area contributed by atoms with E-state index in [9.17, 15) is 4.79 Å². The number of anilines is 1. The number of fused-ring (bicyclic) bond motifs is 1. The molecule has 0 radical (unpaired) electrons. The van der Waals surface area contributed by atoms with Crippen molar-refractivity contribution in [1.29, 1.82) is 0 Å². The minimum absolute atomic E-state index is 0.173. The number of carbonyl (C=O) groups is 1. The SMILES string of the molecule is Cc1ccc(C(=O)Nc2cc(Br)cn3cnnc23)cc1. The van der Waals surface area contributed by atoms with E-state index in [4.69, 9.17) is 0 Å². The minimum atomic E-state index is -0.173. The molecule has 0 atom stereocenters. The Labute approximate surface area is 123 Å². The summed E-state index contributed by atoms with van der Waals surface area (Å²) in [5, 5.41) is 10.7. The molecule has 6 heteroatoms. The smallest absolute Gasteiger partial charge is 0.255 e. The van der Waals surface area contributed by atoms with Crippen molar-refractivity contribution in [2.24, 2.45) is 0 Å². The van der Waals surface area contributed by atoms with Crippen molar-refractivity contribution in [2.45, 2.75) is 6.92 Å². The maximum atomic E-state index is 12.2. The lowest BCUT2D eigenvalue weighted by molar-refractivity contribution is 0.102. The van der Waals surface area contributed by atoms with Crippen molar-refractivity contribution >= 4 is 33.2 Å². The Morgan fingerprint density at radius 1 is 1.30 bits per heavy atom. The van der Waals surface area contributed by atoms with Crippen LogP contribution in [0.1, 0.15) is 15.9 Å². The van der Waals surface area contributed by atoms with Crippen LogP contribution in [0.5, 0.6) is 0 Å². The Morgan fingerprint density at radius 3 is 2.80 bits per heavy atom. The monoisotopic (exact) mass is 330 g/mol. The van der Waals surface area contributed by atoms with Gasteiger partial charge in [0, 0.05) is 16.2 Å². The predicted octanol–water partition coefficient (Wildman–Crippen LogP) is 3.05. The third-order valence-electron chi connectivity index (χ3n) is 2.92. The molecule has 0 spiro atoms. The first kappa shape index (κ1) is 12.8. The van der Waals surface area contributed by atoms with Gasteiger partial charge in [-0.1, -0.05) is 17.7 Å². The molecule has 2 heterocycles. The largest absolute Gasteiger partial charge is 0.319 e. The molecule has 3 rings (SSSR count). The molecule has 0 saturated heterocycles. The quantitative estimate of drug-likeness (QED) is 0.785. The third-order valence-corrected chi connectivity index (χ3v) is 3.35. The van der Waals surface area contributed by atoms with Crippen LogP contribution in [0.2, 0.25) is 0 Å². The highest BCUT2D eigenvalue weighted by molar-refractivity contribution is 9.10. The molecule has 0 aliphatic heterocycles. The van der Waals surface area contributed by atoms with E-state index in [-0.39, 0.29) is 5.91 Å². The first-order valence-electron chi connectivity index (χ1n) is 6.00. The summed E-state index contributed by atoms with van der Waals surface area (Å²) in [5.41, 5.74) is 2.94. The molecule has 0 aliphatic rings. The number of benzene rings is 1. The summed E-state index contributed by atoms with van der Waals surface area (Å²) < 4.78 is 2.58. The number of hydrogen-bond acceptors (Lipinski definition) is 3. The van der Waals surface area contributed by atoms with E-state index in [0.29, 0.717) is 16.9 Å². The van der Waals surface area contributed by atoms with E-state index in [1.54, 1.807) is 28.9 Å². The number of aromatic nitrogens is 3. The Kier molecular flexibility index (Phi) is 3.23. The maximum Gasteiger partial charge on any atom is 0.255 e. The van der Waals surface area contributed by atoms with Crippen molar-refractivity contribution in [1.82, 2.24) is 14.6 Å². The number of aryl methyl sites for hydroxylation is 1. The first-order chi connectivity index (χ1) is 9.63. The number of halogens is 1. The summed E-state index contributed by atoms with van der Waals surface area (Å²) >= 11 is 3.40. The van der Waals surface area contributed by atoms with Gasteiger partial charge in [0.2, 0.25) is 0 Å². The van der Waals surface area contributed by atoms with E-state index >= 15 is 0 Å². The highest BCUT2D eigenvalue weighted by atomic mass is 79.9. The van der Waals surface area contributed by atoms with Gasteiger partial charge in [-0.15, -0.1) is 10.2 Å². The lowest BCUT2D eigenvalue weighted by Crippen LogP contribution is -2.12. The fraction of sp³-hybridized carbons (Fsp3) is 0.0714. The van der Waals surface area contributed by atoms with Gasteiger partial charge >= 0.3 is 0 Å². The number of pyridine rings is 1. The molecule has 20 heavy (non-hydrogen) atoms.